The van der Waals surface area contributed by atoms with Gasteiger partial charge in [0.2, 0.25) is 26.2 Å². The number of alkyl halides is 3. The number of ketones is 1. The van der Waals surface area contributed by atoms with E-state index in [-0.39, 0.29) is 44.2 Å². The summed E-state index contributed by atoms with van der Waals surface area (Å²) in [6, 6.07) is 14.1. The van der Waals surface area contributed by atoms with Crippen molar-refractivity contribution in [1.29, 1.82) is 0 Å². The molecule has 9 nitrogen and oxygen atoms in total. The maximum Gasteiger partial charge on any atom is 0.429 e. The molecular weight excluding hydrogens is 644 g/mol. The molecule has 16 heteroatoms. The second kappa shape index (κ2) is 11.8. The van der Waals surface area contributed by atoms with Crippen molar-refractivity contribution in [3.8, 4) is 17.2 Å². The second-order valence-corrected chi connectivity index (χ2v) is 13.4. The average molecular weight is 665 g/mol. The molecule has 5 rings (SSSR count). The Labute approximate surface area is 249 Å². The number of hydrogen-bond donors (Lipinski definition) is 2. The zero-order chi connectivity index (χ0) is 31.0. The van der Waals surface area contributed by atoms with Crippen LogP contribution in [0, 0.1) is 0 Å². The predicted octanol–water partition coefficient (Wildman–Crippen LogP) is 5.93. The lowest BCUT2D eigenvalue weighted by atomic mass is 9.98. The number of benzene rings is 3. The molecule has 0 saturated carbocycles. The third-order valence-electron chi connectivity index (χ3n) is 5.74. The van der Waals surface area contributed by atoms with Crippen molar-refractivity contribution in [2.45, 2.75) is 30.6 Å². The van der Waals surface area contributed by atoms with Crippen LogP contribution < -0.4 is 18.9 Å². The summed E-state index contributed by atoms with van der Waals surface area (Å²) in [5.74, 6) is -0.262. The summed E-state index contributed by atoms with van der Waals surface area (Å²) >= 11 is 11.6. The van der Waals surface area contributed by atoms with Crippen LogP contribution in [0.15, 0.2) is 65.1 Å². The van der Waals surface area contributed by atoms with Gasteiger partial charge in [-0.15, -0.1) is 0 Å². The Morgan fingerprint density at radius 2 is 1.79 bits per heavy atom. The number of fused-ring (bicyclic) bond motifs is 2. The van der Waals surface area contributed by atoms with E-state index in [4.69, 9.17) is 32.7 Å². The smallest absolute Gasteiger partial charge is 0.429 e. The van der Waals surface area contributed by atoms with Crippen LogP contribution in [0.25, 0.3) is 6.08 Å². The number of rotatable bonds is 5. The monoisotopic (exact) mass is 664 g/mol. The quantitative estimate of drug-likeness (QED) is 0.346. The molecule has 0 bridgehead atoms. The molecule has 0 unspecified atom stereocenters. The SMILES string of the molecule is CC(=O)C1=Cc2cc(Cl)cc(Cl)c2O[C@@H]1C(F)(F)F.CS(=O)(=O)Nc1cc2c(cc1Oc1ccccc1)S(=O)(=O)NC2. The van der Waals surface area contributed by atoms with E-state index in [1.165, 1.54) is 24.3 Å². The van der Waals surface area contributed by atoms with Crippen molar-refractivity contribution in [3.05, 3.63) is 81.3 Å². The van der Waals surface area contributed by atoms with E-state index in [0.717, 1.165) is 19.3 Å². The number of halogens is 5. The first-order valence-corrected chi connectivity index (χ1v) is 15.9. The molecule has 0 spiro atoms. The zero-order valence-corrected chi connectivity index (χ0v) is 24.8. The molecule has 2 aliphatic heterocycles. The maximum absolute atomic E-state index is 12.9. The number of Topliss-reactive ketones (excluding diaryl/α,β-unsaturated/α-hetero) is 1. The standard InChI is InChI=1S/C14H14N2O5S2.C12H7Cl2F3O2/c1-22(17,18)16-12-7-10-9-15-23(19,20)14(10)8-13(12)21-11-5-3-2-4-6-11;1-5(18)8-3-6-2-7(13)4-9(14)10(6)19-11(8)12(15,16)17/h2-8,15-16H,9H2,1H3;2-4,11H,1H3/t;11-/m.0/s1. The van der Waals surface area contributed by atoms with E-state index < -0.39 is 43.7 Å². The largest absolute Gasteiger partial charge is 0.474 e. The Balaban J connectivity index is 0.000000197. The summed E-state index contributed by atoms with van der Waals surface area (Å²) in [7, 11) is -7.13. The maximum atomic E-state index is 12.9. The lowest BCUT2D eigenvalue weighted by Crippen LogP contribution is -2.39. The minimum Gasteiger partial charge on any atom is -0.474 e. The van der Waals surface area contributed by atoms with Crippen LogP contribution in [-0.2, 0) is 31.4 Å². The van der Waals surface area contributed by atoms with E-state index in [2.05, 4.69) is 9.44 Å². The number of sulfonamides is 2. The summed E-state index contributed by atoms with van der Waals surface area (Å²) in [5.41, 5.74) is 0.451. The van der Waals surface area contributed by atoms with E-state index in [1.54, 1.807) is 30.3 Å². The lowest BCUT2D eigenvalue weighted by Gasteiger charge is -2.28. The van der Waals surface area contributed by atoms with Crippen LogP contribution in [0.3, 0.4) is 0 Å². The predicted molar refractivity (Wildman–Crippen MR) is 151 cm³/mol. The number of hydrogen-bond acceptors (Lipinski definition) is 7. The number of carbonyl (C=O) groups excluding carboxylic acids is 1. The van der Waals surface area contributed by atoms with Crippen molar-refractivity contribution < 1.29 is 44.3 Å². The number of anilines is 1. The summed E-state index contributed by atoms with van der Waals surface area (Å²) in [6.45, 7) is 1.16. The molecule has 0 amide bonds. The van der Waals surface area contributed by atoms with Gasteiger partial charge in [-0.3, -0.25) is 9.52 Å². The van der Waals surface area contributed by atoms with Crippen LogP contribution in [0.1, 0.15) is 18.1 Å². The summed E-state index contributed by atoms with van der Waals surface area (Å²) < 4.78 is 101. The van der Waals surface area contributed by atoms with Gasteiger partial charge in [-0.1, -0.05) is 41.4 Å². The Bertz CT molecular complexity index is 1800. The van der Waals surface area contributed by atoms with Gasteiger partial charge in [-0.2, -0.15) is 13.2 Å². The topological polar surface area (TPSA) is 128 Å². The van der Waals surface area contributed by atoms with Gasteiger partial charge in [0.15, 0.2) is 11.5 Å². The Morgan fingerprint density at radius 3 is 2.38 bits per heavy atom. The van der Waals surface area contributed by atoms with E-state index in [9.17, 15) is 34.8 Å². The number of ether oxygens (including phenoxy) is 2. The number of carbonyl (C=O) groups is 1. The summed E-state index contributed by atoms with van der Waals surface area (Å²) in [6.07, 6.45) is -4.88. The van der Waals surface area contributed by atoms with Crippen LogP contribution >= 0.6 is 23.2 Å². The first-order valence-electron chi connectivity index (χ1n) is 11.8. The molecule has 0 fully saturated rings. The highest BCUT2D eigenvalue weighted by molar-refractivity contribution is 7.92. The molecule has 224 valence electrons. The van der Waals surface area contributed by atoms with Gasteiger partial charge in [-0.25, -0.2) is 21.6 Å². The van der Waals surface area contributed by atoms with Gasteiger partial charge in [-0.05, 0) is 48.9 Å². The Morgan fingerprint density at radius 1 is 1.12 bits per heavy atom. The van der Waals surface area contributed by atoms with Gasteiger partial charge in [0, 0.05) is 28.8 Å². The van der Waals surface area contributed by atoms with Crippen molar-refractivity contribution in [3.63, 3.8) is 0 Å². The van der Waals surface area contributed by atoms with E-state index >= 15 is 0 Å². The number of para-hydroxylation sites is 1. The summed E-state index contributed by atoms with van der Waals surface area (Å²) in [5, 5.41) is 0.215. The first-order chi connectivity index (χ1) is 19.4. The molecule has 42 heavy (non-hydrogen) atoms. The minimum absolute atomic E-state index is 0.0318. The molecule has 0 radical (unpaired) electrons. The van der Waals surface area contributed by atoms with Crippen molar-refractivity contribution in [1.82, 2.24) is 4.72 Å². The molecular formula is C26H21Cl2F3N2O7S2. The third kappa shape index (κ3) is 7.36. The van der Waals surface area contributed by atoms with Gasteiger partial charge >= 0.3 is 6.18 Å². The normalized spacial score (nSPS) is 17.0. The number of nitrogens with one attached hydrogen (secondary N) is 2. The van der Waals surface area contributed by atoms with Crippen molar-refractivity contribution in [2.24, 2.45) is 0 Å². The average Bonchev–Trinajstić information content (AvgIpc) is 3.16. The highest BCUT2D eigenvalue weighted by Crippen LogP contribution is 2.42. The minimum atomic E-state index is -4.70. The highest BCUT2D eigenvalue weighted by atomic mass is 35.5. The van der Waals surface area contributed by atoms with E-state index in [1.807, 2.05) is 0 Å². The Hall–Kier alpha value is -3.30. The van der Waals surface area contributed by atoms with Gasteiger partial charge in [0.25, 0.3) is 0 Å². The van der Waals surface area contributed by atoms with Crippen LogP contribution in [0.5, 0.6) is 17.2 Å². The van der Waals surface area contributed by atoms with Gasteiger partial charge in [0.1, 0.15) is 11.5 Å². The van der Waals surface area contributed by atoms with Gasteiger partial charge < -0.3 is 9.47 Å². The fraction of sp³-hybridized carbons (Fsp3) is 0.192. The molecule has 0 saturated heterocycles. The molecule has 0 aliphatic carbocycles. The first kappa shape index (κ1) is 31.6. The van der Waals surface area contributed by atoms with Crippen LogP contribution in [-0.4, -0.2) is 41.2 Å². The Kier molecular flexibility index (Phi) is 8.86. The van der Waals surface area contributed by atoms with Crippen LogP contribution in [0.2, 0.25) is 10.0 Å². The molecule has 2 heterocycles. The highest BCUT2D eigenvalue weighted by Gasteiger charge is 2.47. The van der Waals surface area contributed by atoms with Crippen molar-refractivity contribution >= 4 is 60.8 Å². The van der Waals surface area contributed by atoms with E-state index in [0.29, 0.717) is 11.3 Å². The molecule has 0 aromatic heterocycles. The molecule has 2 N–H and O–H groups in total. The molecule has 3 aromatic carbocycles. The fourth-order valence-corrected chi connectivity index (χ4v) is 6.34. The third-order valence-corrected chi connectivity index (χ3v) is 8.31. The zero-order valence-electron chi connectivity index (χ0n) is 21.6. The van der Waals surface area contributed by atoms with Crippen LogP contribution in [0.4, 0.5) is 18.9 Å². The molecule has 2 aliphatic rings. The van der Waals surface area contributed by atoms with Gasteiger partial charge in [0.05, 0.1) is 21.9 Å². The second-order valence-electron chi connectivity index (χ2n) is 9.07. The fourth-order valence-electron chi connectivity index (χ4n) is 3.99. The molecule has 1 atom stereocenters. The molecule has 3 aromatic rings. The lowest BCUT2D eigenvalue weighted by molar-refractivity contribution is -0.184. The van der Waals surface area contributed by atoms with Crippen molar-refractivity contribution in [2.75, 3.05) is 11.0 Å². The summed E-state index contributed by atoms with van der Waals surface area (Å²) in [4.78, 5) is 11.4.